The first-order valence-corrected chi connectivity index (χ1v) is 15.8. The molecule has 0 radical (unpaired) electrons. The molecule has 0 fully saturated rings. The van der Waals surface area contributed by atoms with Gasteiger partial charge in [-0.3, -0.25) is 28.8 Å². The van der Waals surface area contributed by atoms with E-state index in [1.807, 2.05) is 0 Å². The van der Waals surface area contributed by atoms with Crippen molar-refractivity contribution in [2.75, 3.05) is 39.5 Å². The average Bonchev–Trinajstić information content (AvgIpc) is 3.08. The molecule has 6 amide bonds. The number of unbranched alkanes of at least 4 members (excludes halogenated alkanes) is 1. The van der Waals surface area contributed by atoms with E-state index in [0.29, 0.717) is 19.4 Å². The topological polar surface area (TPSA) is 334 Å². The normalized spacial score (nSPS) is 15.3. The van der Waals surface area contributed by atoms with Crippen LogP contribution in [0.25, 0.3) is 0 Å². The molecule has 7 unspecified atom stereocenters. The van der Waals surface area contributed by atoms with Crippen molar-refractivity contribution in [3.8, 4) is 0 Å². The Morgan fingerprint density at radius 2 is 1.41 bits per heavy atom. The van der Waals surface area contributed by atoms with Crippen LogP contribution in [0.1, 0.15) is 31.7 Å². The number of hydrogen-bond acceptors (Lipinski definition) is 13. The van der Waals surface area contributed by atoms with Gasteiger partial charge in [0.2, 0.25) is 35.4 Å². The fourth-order valence-corrected chi connectivity index (χ4v) is 4.38. The van der Waals surface area contributed by atoms with E-state index in [0.717, 1.165) is 5.56 Å². The first kappa shape index (κ1) is 42.8. The summed E-state index contributed by atoms with van der Waals surface area (Å²) in [5, 5.41) is 53.6. The second-order valence-corrected chi connectivity index (χ2v) is 11.3. The Bertz CT molecular complexity index is 1210. The van der Waals surface area contributed by atoms with Gasteiger partial charge in [0.15, 0.2) is 0 Å². The van der Waals surface area contributed by atoms with Crippen molar-refractivity contribution in [2.24, 2.45) is 17.2 Å². The van der Waals surface area contributed by atoms with Crippen LogP contribution in [0, 0.1) is 0 Å². The summed E-state index contributed by atoms with van der Waals surface area (Å²) in [6.07, 6.45) is -0.0711. The summed E-state index contributed by atoms with van der Waals surface area (Å²) in [6.45, 7) is -1.29. The molecule has 0 aromatic heterocycles. The molecule has 0 spiro atoms. The molecule has 0 saturated heterocycles. The molecule has 1 aromatic carbocycles. The molecule has 0 bridgehead atoms. The predicted octanol–water partition coefficient (Wildman–Crippen LogP) is -6.46. The van der Waals surface area contributed by atoms with E-state index >= 15 is 0 Å². The standard InChI is InChI=1S/C30H51N9O10/c1-17(43)25(39-24(44)13-35-27(46)20(32)15-41)30(49)36-19(14-40)12-34-21(9-5-6-10-31)28(47)38-23(16-42)29(48)37-22(26(33)45)11-18-7-3-2-4-8-18/h2-4,7-8,17,19-23,25,34,40-43H,5-6,9-16,31-32H2,1H3,(H2,33,45)(H,35,46)(H,36,49)(H,37,48)(H,38,47)(H,39,44). The molecule has 49 heavy (non-hydrogen) atoms. The van der Waals surface area contributed by atoms with Crippen LogP contribution in [0.3, 0.4) is 0 Å². The zero-order valence-electron chi connectivity index (χ0n) is 27.5. The molecular weight excluding hydrogens is 646 g/mol. The highest BCUT2D eigenvalue weighted by molar-refractivity contribution is 5.93. The Morgan fingerprint density at radius 3 is 1.96 bits per heavy atom. The number of rotatable bonds is 24. The Kier molecular flexibility index (Phi) is 20.2. The lowest BCUT2D eigenvalue weighted by molar-refractivity contribution is -0.133. The maximum absolute atomic E-state index is 13.3. The summed E-state index contributed by atoms with van der Waals surface area (Å²) >= 11 is 0. The average molecular weight is 698 g/mol. The molecule has 19 heteroatoms. The molecule has 0 saturated carbocycles. The highest BCUT2D eigenvalue weighted by atomic mass is 16.3. The molecule has 276 valence electrons. The van der Waals surface area contributed by atoms with Crippen LogP contribution in [0.2, 0.25) is 0 Å². The quantitative estimate of drug-likeness (QED) is 0.0448. The fraction of sp³-hybridized carbons (Fsp3) is 0.600. The molecule has 0 aliphatic heterocycles. The van der Waals surface area contributed by atoms with E-state index in [1.54, 1.807) is 30.3 Å². The maximum Gasteiger partial charge on any atom is 0.245 e. The number of nitrogens with one attached hydrogen (secondary N) is 6. The summed E-state index contributed by atoms with van der Waals surface area (Å²) in [5.74, 6) is -4.91. The van der Waals surface area contributed by atoms with Crippen molar-refractivity contribution >= 4 is 35.4 Å². The zero-order valence-corrected chi connectivity index (χ0v) is 27.5. The van der Waals surface area contributed by atoms with E-state index in [4.69, 9.17) is 22.3 Å². The van der Waals surface area contributed by atoms with Crippen LogP contribution in [0.15, 0.2) is 30.3 Å². The summed E-state index contributed by atoms with van der Waals surface area (Å²) in [5.41, 5.74) is 17.1. The van der Waals surface area contributed by atoms with Gasteiger partial charge in [0.05, 0.1) is 44.6 Å². The summed E-state index contributed by atoms with van der Waals surface area (Å²) in [4.78, 5) is 75.1. The van der Waals surface area contributed by atoms with E-state index in [2.05, 4.69) is 31.9 Å². The third-order valence-electron chi connectivity index (χ3n) is 7.24. The Balaban J connectivity index is 2.89. The van der Waals surface area contributed by atoms with Gasteiger partial charge in [0.25, 0.3) is 0 Å². The Morgan fingerprint density at radius 1 is 0.776 bits per heavy atom. The third-order valence-corrected chi connectivity index (χ3v) is 7.24. The van der Waals surface area contributed by atoms with Gasteiger partial charge >= 0.3 is 0 Å². The van der Waals surface area contributed by atoms with Gasteiger partial charge in [0.1, 0.15) is 24.2 Å². The summed E-state index contributed by atoms with van der Waals surface area (Å²) < 4.78 is 0. The van der Waals surface area contributed by atoms with E-state index in [9.17, 15) is 44.1 Å². The zero-order chi connectivity index (χ0) is 36.9. The number of carbonyl (C=O) groups excluding carboxylic acids is 6. The number of amides is 6. The van der Waals surface area contributed by atoms with Crippen molar-refractivity contribution in [1.82, 2.24) is 31.9 Å². The number of aliphatic hydroxyl groups excluding tert-OH is 4. The number of carbonyl (C=O) groups is 6. The molecular formula is C30H51N9O10. The van der Waals surface area contributed by atoms with Gasteiger partial charge in [-0.1, -0.05) is 36.8 Å². The smallest absolute Gasteiger partial charge is 0.245 e. The largest absolute Gasteiger partial charge is 0.394 e. The second kappa shape index (κ2) is 23.2. The second-order valence-electron chi connectivity index (χ2n) is 11.3. The van der Waals surface area contributed by atoms with Gasteiger partial charge in [-0.15, -0.1) is 0 Å². The van der Waals surface area contributed by atoms with Gasteiger partial charge in [-0.2, -0.15) is 0 Å². The van der Waals surface area contributed by atoms with E-state index in [-0.39, 0.29) is 19.4 Å². The Hall–Kier alpha value is -4.24. The van der Waals surface area contributed by atoms with E-state index < -0.39 is 104 Å². The number of primary amides is 1. The maximum atomic E-state index is 13.3. The molecule has 1 aromatic rings. The minimum absolute atomic E-state index is 0.0844. The summed E-state index contributed by atoms with van der Waals surface area (Å²) in [7, 11) is 0. The van der Waals surface area contributed by atoms with E-state index in [1.165, 1.54) is 6.92 Å². The molecule has 0 heterocycles. The number of aliphatic hydroxyl groups is 4. The molecule has 16 N–H and O–H groups in total. The van der Waals surface area contributed by atoms with Crippen LogP contribution in [0.5, 0.6) is 0 Å². The first-order chi connectivity index (χ1) is 23.3. The lowest BCUT2D eigenvalue weighted by Crippen LogP contribution is -2.60. The minimum Gasteiger partial charge on any atom is -0.394 e. The monoisotopic (exact) mass is 697 g/mol. The van der Waals surface area contributed by atoms with Crippen LogP contribution in [-0.4, -0.2) is 138 Å². The van der Waals surface area contributed by atoms with Crippen LogP contribution >= 0.6 is 0 Å². The number of benzene rings is 1. The third kappa shape index (κ3) is 16.1. The van der Waals surface area contributed by atoms with Crippen molar-refractivity contribution in [3.63, 3.8) is 0 Å². The van der Waals surface area contributed by atoms with Crippen LogP contribution in [0.4, 0.5) is 0 Å². The van der Waals surface area contributed by atoms with Crippen LogP contribution < -0.4 is 49.1 Å². The highest BCUT2D eigenvalue weighted by Gasteiger charge is 2.30. The number of hydrogen-bond donors (Lipinski definition) is 13. The van der Waals surface area contributed by atoms with Crippen molar-refractivity contribution in [1.29, 1.82) is 0 Å². The minimum atomic E-state index is -1.50. The van der Waals surface area contributed by atoms with Gasteiger partial charge in [0, 0.05) is 13.0 Å². The first-order valence-electron chi connectivity index (χ1n) is 15.8. The Labute approximate surface area is 284 Å². The van der Waals surface area contributed by atoms with Crippen molar-refractivity contribution < 1.29 is 49.2 Å². The lowest BCUT2D eigenvalue weighted by atomic mass is 10.0. The molecule has 19 nitrogen and oxygen atoms in total. The van der Waals surface area contributed by atoms with Crippen molar-refractivity contribution in [3.05, 3.63) is 35.9 Å². The molecule has 0 aliphatic rings. The molecule has 7 atom stereocenters. The van der Waals surface area contributed by atoms with Gasteiger partial charge in [-0.05, 0) is 31.9 Å². The van der Waals surface area contributed by atoms with Crippen LogP contribution in [-0.2, 0) is 35.2 Å². The molecule has 0 aliphatic carbocycles. The lowest BCUT2D eigenvalue weighted by Gasteiger charge is -2.27. The fourth-order valence-electron chi connectivity index (χ4n) is 4.38. The predicted molar refractivity (Wildman–Crippen MR) is 176 cm³/mol. The number of nitrogens with two attached hydrogens (primary N) is 3. The molecule has 1 rings (SSSR count). The summed E-state index contributed by atoms with van der Waals surface area (Å²) in [6, 6.07) is 1.44. The van der Waals surface area contributed by atoms with Gasteiger partial charge < -0.3 is 69.5 Å². The SMILES string of the molecule is CC(O)C(NC(=O)CNC(=O)C(N)CO)C(=O)NC(CO)CNC(CCCCN)C(=O)NC(CO)C(=O)NC(Cc1ccccc1)C(N)=O. The van der Waals surface area contributed by atoms with Crippen molar-refractivity contribution in [2.45, 2.75) is 75.0 Å². The van der Waals surface area contributed by atoms with Gasteiger partial charge in [-0.25, -0.2) is 0 Å². The highest BCUT2D eigenvalue weighted by Crippen LogP contribution is 2.05.